The van der Waals surface area contributed by atoms with Gasteiger partial charge < -0.3 is 10.4 Å². The van der Waals surface area contributed by atoms with Gasteiger partial charge in [-0.25, -0.2) is 9.97 Å². The van der Waals surface area contributed by atoms with Crippen LogP contribution in [-0.2, 0) is 6.18 Å². The van der Waals surface area contributed by atoms with Crippen molar-refractivity contribution in [2.24, 2.45) is 0 Å². The van der Waals surface area contributed by atoms with Crippen LogP contribution in [0, 0.1) is 0 Å². The number of halogens is 4. The lowest BCUT2D eigenvalue weighted by molar-refractivity contribution is -0.137. The number of rotatable bonds is 4. The molecule has 0 saturated heterocycles. The van der Waals surface area contributed by atoms with Crippen LogP contribution in [0.4, 0.5) is 19.0 Å². The third-order valence-corrected chi connectivity index (χ3v) is 3.55. The van der Waals surface area contributed by atoms with Crippen molar-refractivity contribution in [3.05, 3.63) is 52.4 Å². The Kier molecular flexibility index (Phi) is 5.33. The van der Waals surface area contributed by atoms with Crippen LogP contribution in [0.3, 0.4) is 0 Å². The van der Waals surface area contributed by atoms with Gasteiger partial charge in [0.1, 0.15) is 23.0 Å². The number of phenolic OH excluding ortho intramolecular Hbond substituents is 1. The predicted octanol–water partition coefficient (Wildman–Crippen LogP) is 4.74. The van der Waals surface area contributed by atoms with E-state index in [-0.39, 0.29) is 10.7 Å². The van der Waals surface area contributed by atoms with Crippen molar-refractivity contribution in [3.63, 3.8) is 0 Å². The third-order valence-electron chi connectivity index (χ3n) is 3.26. The Bertz CT molecular complexity index is 776. The van der Waals surface area contributed by atoms with Crippen LogP contribution in [0.5, 0.6) is 5.75 Å². The van der Waals surface area contributed by atoms with E-state index in [1.165, 1.54) is 12.4 Å². The molecule has 0 atom stereocenters. The molecule has 0 radical (unpaired) electrons. The molecule has 128 valence electrons. The lowest BCUT2D eigenvalue weighted by Gasteiger charge is -2.16. The van der Waals surface area contributed by atoms with Gasteiger partial charge in [-0.1, -0.05) is 17.7 Å². The molecule has 1 aromatic carbocycles. The fourth-order valence-electron chi connectivity index (χ4n) is 2.29. The fourth-order valence-corrected chi connectivity index (χ4v) is 2.52. The Labute approximate surface area is 142 Å². The van der Waals surface area contributed by atoms with Crippen LogP contribution in [0.2, 0.25) is 5.15 Å². The van der Waals surface area contributed by atoms with Crippen LogP contribution in [0.1, 0.15) is 30.5 Å². The van der Waals surface area contributed by atoms with Gasteiger partial charge in [0.25, 0.3) is 0 Å². The summed E-state index contributed by atoms with van der Waals surface area (Å²) in [5, 5.41) is 12.8. The maximum Gasteiger partial charge on any atom is 0.416 e. The molecule has 2 N–H and O–H groups in total. The van der Waals surface area contributed by atoms with Gasteiger partial charge in [0.2, 0.25) is 0 Å². The first-order valence-electron chi connectivity index (χ1n) is 7.10. The van der Waals surface area contributed by atoms with Gasteiger partial charge in [-0.15, -0.1) is 0 Å². The van der Waals surface area contributed by atoms with Gasteiger partial charge in [0, 0.05) is 6.54 Å². The summed E-state index contributed by atoms with van der Waals surface area (Å²) in [6, 6.07) is 2.86. The number of benzene rings is 1. The summed E-state index contributed by atoms with van der Waals surface area (Å²) in [6.45, 7) is 4.06. The molecular weight excluding hydrogens is 343 g/mol. The van der Waals surface area contributed by atoms with E-state index in [0.717, 1.165) is 6.07 Å². The molecule has 0 aliphatic rings. The molecule has 0 unspecified atom stereocenters. The van der Waals surface area contributed by atoms with Gasteiger partial charge >= 0.3 is 6.18 Å². The normalized spacial score (nSPS) is 12.3. The number of nitrogens with one attached hydrogen (secondary N) is 1. The molecule has 0 saturated carbocycles. The fraction of sp³-hybridized carbons (Fsp3) is 0.250. The van der Waals surface area contributed by atoms with Gasteiger partial charge in [-0.3, -0.25) is 0 Å². The first kappa shape index (κ1) is 18.1. The van der Waals surface area contributed by atoms with Crippen LogP contribution in [-0.4, -0.2) is 21.6 Å². The Morgan fingerprint density at radius 3 is 2.58 bits per heavy atom. The summed E-state index contributed by atoms with van der Waals surface area (Å²) in [6.07, 6.45) is -1.71. The van der Waals surface area contributed by atoms with E-state index in [2.05, 4.69) is 15.3 Å². The molecule has 0 aliphatic heterocycles. The molecule has 0 bridgehead atoms. The molecule has 4 nitrogen and oxygen atoms in total. The van der Waals surface area contributed by atoms with Gasteiger partial charge in [0.05, 0.1) is 11.1 Å². The van der Waals surface area contributed by atoms with E-state index in [0.29, 0.717) is 29.6 Å². The second kappa shape index (κ2) is 7.09. The summed E-state index contributed by atoms with van der Waals surface area (Å²) in [5.41, 5.74) is -0.0179. The molecule has 2 rings (SSSR count). The summed E-state index contributed by atoms with van der Waals surface area (Å²) in [4.78, 5) is 7.98. The maximum atomic E-state index is 13.0. The maximum absolute atomic E-state index is 13.0. The van der Waals surface area contributed by atoms with Crippen LogP contribution in [0.15, 0.2) is 30.6 Å². The number of allylic oxidation sites excluding steroid dienone is 1. The third kappa shape index (κ3) is 3.79. The van der Waals surface area contributed by atoms with Gasteiger partial charge in [-0.2, -0.15) is 13.2 Å². The lowest BCUT2D eigenvalue weighted by Crippen LogP contribution is -2.07. The van der Waals surface area contributed by atoms with E-state index in [9.17, 15) is 18.3 Å². The lowest BCUT2D eigenvalue weighted by atomic mass is 9.96. The average molecular weight is 358 g/mol. The molecule has 1 heterocycles. The zero-order valence-corrected chi connectivity index (χ0v) is 13.7. The molecule has 1 aromatic heterocycles. The van der Waals surface area contributed by atoms with Gasteiger partial charge in [0.15, 0.2) is 0 Å². The van der Waals surface area contributed by atoms with Crippen molar-refractivity contribution in [1.29, 1.82) is 0 Å². The number of hydrogen-bond donors (Lipinski definition) is 2. The molecule has 24 heavy (non-hydrogen) atoms. The Balaban J connectivity index is 2.65. The molecular formula is C16H15ClF3N3O. The minimum atomic E-state index is -4.58. The summed E-state index contributed by atoms with van der Waals surface area (Å²) in [5.74, 6) is -0.0837. The number of phenols is 1. The number of anilines is 1. The van der Waals surface area contributed by atoms with Crippen LogP contribution < -0.4 is 5.32 Å². The minimum absolute atomic E-state index is 0.103. The second-order valence-corrected chi connectivity index (χ2v) is 5.25. The highest BCUT2D eigenvalue weighted by molar-refractivity contribution is 6.31. The van der Waals surface area contributed by atoms with E-state index in [4.69, 9.17) is 11.6 Å². The quantitative estimate of drug-likeness (QED) is 0.776. The Morgan fingerprint density at radius 1 is 1.29 bits per heavy atom. The van der Waals surface area contributed by atoms with Crippen molar-refractivity contribution in [1.82, 2.24) is 9.97 Å². The summed E-state index contributed by atoms with van der Waals surface area (Å²) in [7, 11) is 0. The highest BCUT2D eigenvalue weighted by Crippen LogP contribution is 2.38. The topological polar surface area (TPSA) is 58.0 Å². The highest BCUT2D eigenvalue weighted by atomic mass is 35.5. The highest BCUT2D eigenvalue weighted by Gasteiger charge is 2.32. The largest absolute Gasteiger partial charge is 0.508 e. The van der Waals surface area contributed by atoms with Crippen molar-refractivity contribution in [2.45, 2.75) is 20.0 Å². The molecule has 0 spiro atoms. The van der Waals surface area contributed by atoms with E-state index in [1.807, 2.05) is 6.92 Å². The SMILES string of the molecule is C/C=C(/c1cc(O)cc(C(F)(F)F)c1)c1c(Cl)ncnc1NCC. The zero-order valence-electron chi connectivity index (χ0n) is 12.9. The van der Waals surface area contributed by atoms with Crippen molar-refractivity contribution in [2.75, 3.05) is 11.9 Å². The molecule has 8 heteroatoms. The van der Waals surface area contributed by atoms with Crippen LogP contribution >= 0.6 is 11.6 Å². The molecule has 0 amide bonds. The summed E-state index contributed by atoms with van der Waals surface area (Å²) >= 11 is 6.14. The Hall–Kier alpha value is -2.28. The van der Waals surface area contributed by atoms with Crippen LogP contribution in [0.25, 0.3) is 5.57 Å². The van der Waals surface area contributed by atoms with Gasteiger partial charge in [-0.05, 0) is 43.2 Å². The summed E-state index contributed by atoms with van der Waals surface area (Å²) < 4.78 is 39.0. The van der Waals surface area contributed by atoms with Crippen molar-refractivity contribution in [3.8, 4) is 5.75 Å². The molecule has 2 aromatic rings. The van der Waals surface area contributed by atoms with E-state index >= 15 is 0 Å². The second-order valence-electron chi connectivity index (χ2n) is 4.89. The first-order valence-corrected chi connectivity index (χ1v) is 7.48. The smallest absolute Gasteiger partial charge is 0.416 e. The number of nitrogens with zero attached hydrogens (tertiary/aromatic N) is 2. The predicted molar refractivity (Wildman–Crippen MR) is 87.1 cm³/mol. The zero-order chi connectivity index (χ0) is 17.9. The number of aromatic hydroxyl groups is 1. The van der Waals surface area contributed by atoms with E-state index in [1.54, 1.807) is 13.0 Å². The van der Waals surface area contributed by atoms with Crippen molar-refractivity contribution < 1.29 is 18.3 Å². The number of hydrogen-bond acceptors (Lipinski definition) is 4. The Morgan fingerprint density at radius 2 is 2.00 bits per heavy atom. The molecule has 0 fully saturated rings. The number of alkyl halides is 3. The number of aromatic nitrogens is 2. The van der Waals surface area contributed by atoms with E-state index < -0.39 is 17.5 Å². The standard InChI is InChI=1S/C16H15ClF3N3O/c1-3-12(13-14(17)22-8-23-15(13)21-4-2)9-5-10(16(18,19)20)7-11(24)6-9/h3,5-8,24H,4H2,1-2H3,(H,21,22,23)/b12-3-. The monoisotopic (exact) mass is 357 g/mol. The van der Waals surface area contributed by atoms with Crippen molar-refractivity contribution >= 4 is 23.0 Å². The first-order chi connectivity index (χ1) is 11.3. The minimum Gasteiger partial charge on any atom is -0.508 e. The molecule has 0 aliphatic carbocycles. The average Bonchev–Trinajstić information content (AvgIpc) is 2.49.